The third kappa shape index (κ3) is 4.75. The van der Waals surface area contributed by atoms with Crippen LogP contribution in [0.25, 0.3) is 0 Å². The molecule has 0 radical (unpaired) electrons. The Hall–Kier alpha value is -2.08. The molecule has 2 saturated heterocycles. The summed E-state index contributed by atoms with van der Waals surface area (Å²) in [7, 11) is 0. The van der Waals surface area contributed by atoms with E-state index in [4.69, 9.17) is 5.73 Å². The summed E-state index contributed by atoms with van der Waals surface area (Å²) >= 11 is 0. The second-order valence-corrected chi connectivity index (χ2v) is 7.51. The molecule has 0 spiro atoms. The van der Waals surface area contributed by atoms with Gasteiger partial charge in [-0.25, -0.2) is 0 Å². The number of nitrogen functional groups attached to an aromatic ring is 1. The molecule has 0 aliphatic carbocycles. The minimum Gasteiger partial charge on any atom is -0.399 e. The Morgan fingerprint density at radius 2 is 1.69 bits per heavy atom. The molecule has 1 aromatic carbocycles. The molecule has 26 heavy (non-hydrogen) atoms. The van der Waals surface area contributed by atoms with Crippen LogP contribution in [0.4, 0.5) is 5.69 Å². The summed E-state index contributed by atoms with van der Waals surface area (Å²) in [5, 5.41) is 0. The number of hydrogen-bond acceptors (Lipinski definition) is 4. The van der Waals surface area contributed by atoms with Crippen molar-refractivity contribution in [1.29, 1.82) is 0 Å². The first-order valence-corrected chi connectivity index (χ1v) is 9.67. The first-order valence-electron chi connectivity index (χ1n) is 9.67. The fraction of sp³-hybridized carbons (Fsp3) is 0.600. The first kappa shape index (κ1) is 18.7. The third-order valence-electron chi connectivity index (χ3n) is 5.54. The number of amides is 2. The number of likely N-dealkylation sites (tertiary alicyclic amines) is 1. The van der Waals surface area contributed by atoms with Gasteiger partial charge in [-0.2, -0.15) is 0 Å². The van der Waals surface area contributed by atoms with Gasteiger partial charge in [-0.15, -0.1) is 0 Å². The van der Waals surface area contributed by atoms with Gasteiger partial charge >= 0.3 is 0 Å². The van der Waals surface area contributed by atoms with Crippen LogP contribution in [-0.2, 0) is 16.0 Å². The number of hydrogen-bond donors (Lipinski definition) is 1. The highest BCUT2D eigenvalue weighted by Gasteiger charge is 2.27. The highest BCUT2D eigenvalue weighted by molar-refractivity contribution is 5.80. The number of carbonyl (C=O) groups excluding carboxylic acids is 2. The molecular weight excluding hydrogens is 328 g/mol. The number of nitrogens with two attached hydrogens (primary N) is 1. The lowest BCUT2D eigenvalue weighted by molar-refractivity contribution is -0.137. The fourth-order valence-corrected chi connectivity index (χ4v) is 3.83. The van der Waals surface area contributed by atoms with E-state index in [0.29, 0.717) is 37.8 Å². The summed E-state index contributed by atoms with van der Waals surface area (Å²) in [5.74, 6) is 0.379. The molecule has 3 rings (SSSR count). The molecule has 1 aromatic rings. The number of rotatable bonds is 4. The molecule has 6 heteroatoms. The zero-order valence-electron chi connectivity index (χ0n) is 15.7. The summed E-state index contributed by atoms with van der Waals surface area (Å²) in [6.45, 7) is 6.42. The molecule has 6 nitrogen and oxygen atoms in total. The molecule has 0 saturated carbocycles. The molecule has 142 valence electrons. The topological polar surface area (TPSA) is 69.9 Å². The van der Waals surface area contributed by atoms with E-state index in [9.17, 15) is 9.59 Å². The first-order chi connectivity index (χ1) is 12.5. The quantitative estimate of drug-likeness (QED) is 0.825. The lowest BCUT2D eigenvalue weighted by Gasteiger charge is -2.38. The Morgan fingerprint density at radius 1 is 1.00 bits per heavy atom. The summed E-state index contributed by atoms with van der Waals surface area (Å²) < 4.78 is 0. The van der Waals surface area contributed by atoms with Crippen molar-refractivity contribution in [3.05, 3.63) is 29.8 Å². The van der Waals surface area contributed by atoms with Crippen molar-refractivity contribution in [1.82, 2.24) is 14.7 Å². The van der Waals surface area contributed by atoms with Gasteiger partial charge in [0, 0.05) is 44.5 Å². The molecule has 2 N–H and O–H groups in total. The van der Waals surface area contributed by atoms with E-state index in [-0.39, 0.29) is 11.8 Å². The molecule has 1 unspecified atom stereocenters. The highest BCUT2D eigenvalue weighted by atomic mass is 16.2. The van der Waals surface area contributed by atoms with Crippen molar-refractivity contribution in [3.8, 4) is 0 Å². The SMILES string of the molecule is CC1CCCCN1C(=O)CN1CCN(C(=O)Cc2ccc(N)cc2)CC1. The van der Waals surface area contributed by atoms with Crippen molar-refractivity contribution in [2.45, 2.75) is 38.6 Å². The monoisotopic (exact) mass is 358 g/mol. The molecule has 0 aromatic heterocycles. The number of nitrogens with zero attached hydrogens (tertiary/aromatic N) is 3. The summed E-state index contributed by atoms with van der Waals surface area (Å²) in [4.78, 5) is 31.1. The molecule has 1 atom stereocenters. The van der Waals surface area contributed by atoms with Crippen LogP contribution in [0.2, 0.25) is 0 Å². The van der Waals surface area contributed by atoms with Crippen molar-refractivity contribution < 1.29 is 9.59 Å². The minimum atomic E-state index is 0.144. The van der Waals surface area contributed by atoms with Crippen LogP contribution in [0.5, 0.6) is 0 Å². The van der Waals surface area contributed by atoms with Gasteiger partial charge in [-0.3, -0.25) is 14.5 Å². The van der Waals surface area contributed by atoms with Crippen LogP contribution < -0.4 is 5.73 Å². The standard InChI is InChI=1S/C20H30N4O2/c1-16-4-2-3-9-24(16)20(26)15-22-10-12-23(13-11-22)19(25)14-17-5-7-18(21)8-6-17/h5-8,16H,2-4,9-15,21H2,1H3. The fourth-order valence-electron chi connectivity index (χ4n) is 3.83. The summed E-state index contributed by atoms with van der Waals surface area (Å²) in [6, 6.07) is 7.82. The Bertz CT molecular complexity index is 623. The van der Waals surface area contributed by atoms with E-state index in [1.807, 2.05) is 34.1 Å². The number of carbonyl (C=O) groups is 2. The molecule has 2 heterocycles. The molecule has 2 fully saturated rings. The van der Waals surface area contributed by atoms with Crippen LogP contribution in [0.15, 0.2) is 24.3 Å². The molecular formula is C20H30N4O2. The second kappa shape index (κ2) is 8.54. The van der Waals surface area contributed by atoms with E-state index in [0.717, 1.165) is 38.0 Å². The van der Waals surface area contributed by atoms with Gasteiger partial charge in [0.2, 0.25) is 11.8 Å². The van der Waals surface area contributed by atoms with Crippen molar-refractivity contribution in [2.75, 3.05) is 45.0 Å². The minimum absolute atomic E-state index is 0.144. The van der Waals surface area contributed by atoms with Gasteiger partial charge in [-0.1, -0.05) is 12.1 Å². The van der Waals surface area contributed by atoms with Gasteiger partial charge in [0.25, 0.3) is 0 Å². The smallest absolute Gasteiger partial charge is 0.236 e. The van der Waals surface area contributed by atoms with Crippen molar-refractivity contribution in [2.24, 2.45) is 0 Å². The summed E-state index contributed by atoms with van der Waals surface area (Å²) in [5.41, 5.74) is 7.38. The van der Waals surface area contributed by atoms with Gasteiger partial charge in [-0.05, 0) is 43.9 Å². The molecule has 2 aliphatic heterocycles. The maximum absolute atomic E-state index is 12.6. The number of piperidine rings is 1. The van der Waals surface area contributed by atoms with E-state index < -0.39 is 0 Å². The zero-order valence-corrected chi connectivity index (χ0v) is 15.7. The van der Waals surface area contributed by atoms with Gasteiger partial charge in [0.05, 0.1) is 13.0 Å². The molecule has 2 amide bonds. The number of anilines is 1. The Balaban J connectivity index is 1.44. The number of benzene rings is 1. The average Bonchev–Trinajstić information content (AvgIpc) is 2.64. The van der Waals surface area contributed by atoms with E-state index in [2.05, 4.69) is 11.8 Å². The Labute approximate surface area is 155 Å². The predicted octanol–water partition coefficient (Wildman–Crippen LogP) is 1.36. The Morgan fingerprint density at radius 3 is 2.35 bits per heavy atom. The maximum atomic E-state index is 12.6. The number of piperazine rings is 1. The zero-order chi connectivity index (χ0) is 18.5. The largest absolute Gasteiger partial charge is 0.399 e. The lowest BCUT2D eigenvalue weighted by atomic mass is 10.0. The van der Waals surface area contributed by atoms with Crippen LogP contribution >= 0.6 is 0 Å². The third-order valence-corrected chi connectivity index (χ3v) is 5.54. The molecule has 2 aliphatic rings. The highest BCUT2D eigenvalue weighted by Crippen LogP contribution is 2.17. The predicted molar refractivity (Wildman–Crippen MR) is 103 cm³/mol. The van der Waals surface area contributed by atoms with Crippen LogP contribution in [0, 0.1) is 0 Å². The summed E-state index contributed by atoms with van der Waals surface area (Å²) in [6.07, 6.45) is 3.85. The van der Waals surface area contributed by atoms with Crippen LogP contribution in [0.3, 0.4) is 0 Å². The van der Waals surface area contributed by atoms with Crippen LogP contribution in [0.1, 0.15) is 31.7 Å². The second-order valence-electron chi connectivity index (χ2n) is 7.51. The van der Waals surface area contributed by atoms with Crippen molar-refractivity contribution >= 4 is 17.5 Å². The van der Waals surface area contributed by atoms with E-state index >= 15 is 0 Å². The van der Waals surface area contributed by atoms with Gasteiger partial charge in [0.1, 0.15) is 0 Å². The van der Waals surface area contributed by atoms with Gasteiger partial charge < -0.3 is 15.5 Å². The van der Waals surface area contributed by atoms with E-state index in [1.54, 1.807) is 0 Å². The lowest BCUT2D eigenvalue weighted by Crippen LogP contribution is -2.53. The van der Waals surface area contributed by atoms with E-state index in [1.165, 1.54) is 6.42 Å². The Kier molecular flexibility index (Phi) is 6.14. The van der Waals surface area contributed by atoms with Gasteiger partial charge in [0.15, 0.2) is 0 Å². The molecule has 0 bridgehead atoms. The average molecular weight is 358 g/mol. The maximum Gasteiger partial charge on any atom is 0.236 e. The van der Waals surface area contributed by atoms with Crippen molar-refractivity contribution in [3.63, 3.8) is 0 Å². The van der Waals surface area contributed by atoms with Crippen LogP contribution in [-0.4, -0.2) is 71.8 Å². The normalized spacial score (nSPS) is 21.7.